The fraction of sp³-hybridized carbons (Fsp3) is 0.300. The molecule has 0 spiro atoms. The van der Waals surface area contributed by atoms with Crippen molar-refractivity contribution >= 4 is 12.1 Å². The van der Waals surface area contributed by atoms with Gasteiger partial charge in [-0.25, -0.2) is 9.59 Å². The number of aliphatic hydroxyl groups is 1. The number of carbonyl (C=O) groups is 2. The number of aliphatic hydroxyl groups excluding tert-OH is 1. The fourth-order valence-electron chi connectivity index (χ4n) is 2.41. The second-order valence-electron chi connectivity index (χ2n) is 6.90. The van der Waals surface area contributed by atoms with E-state index in [-0.39, 0.29) is 0 Å². The van der Waals surface area contributed by atoms with Gasteiger partial charge in [-0.2, -0.15) is 0 Å². The Morgan fingerprint density at radius 1 is 0.962 bits per heavy atom. The number of carboxylic acids is 1. The number of benzene rings is 2. The number of aliphatic carboxylic acids is 1. The SMILES string of the molecule is CC(C)(C)OC(=O)N[C@@H](C(=O)O)[C@@H](O)c1ccc(-c2ccccc2)cc1. The van der Waals surface area contributed by atoms with E-state index >= 15 is 0 Å². The Balaban J connectivity index is 2.14. The van der Waals surface area contributed by atoms with Crippen molar-refractivity contribution in [3.8, 4) is 11.1 Å². The molecule has 1 amide bonds. The second-order valence-corrected chi connectivity index (χ2v) is 6.90. The summed E-state index contributed by atoms with van der Waals surface area (Å²) >= 11 is 0. The standard InChI is InChI=1S/C20H23NO5/c1-20(2,3)26-19(25)21-16(18(23)24)17(22)15-11-9-14(10-12-15)13-7-5-4-6-8-13/h4-12,16-17,22H,1-3H3,(H,21,25)(H,23,24)/t16-,17+/m1/s1. The maximum absolute atomic E-state index is 11.8. The topological polar surface area (TPSA) is 95.9 Å². The van der Waals surface area contributed by atoms with E-state index in [0.29, 0.717) is 5.56 Å². The van der Waals surface area contributed by atoms with Crippen LogP contribution in [0.3, 0.4) is 0 Å². The van der Waals surface area contributed by atoms with Gasteiger partial charge in [0.15, 0.2) is 6.04 Å². The summed E-state index contributed by atoms with van der Waals surface area (Å²) in [5.41, 5.74) is 1.56. The molecule has 0 unspecified atom stereocenters. The Morgan fingerprint density at radius 2 is 1.50 bits per heavy atom. The lowest BCUT2D eigenvalue weighted by atomic mass is 9.98. The number of alkyl carbamates (subject to hydrolysis) is 1. The summed E-state index contributed by atoms with van der Waals surface area (Å²) in [5, 5.41) is 22.0. The van der Waals surface area contributed by atoms with Gasteiger partial charge < -0.3 is 20.3 Å². The molecule has 26 heavy (non-hydrogen) atoms. The quantitative estimate of drug-likeness (QED) is 0.762. The number of carbonyl (C=O) groups excluding carboxylic acids is 1. The van der Waals surface area contributed by atoms with Crippen molar-refractivity contribution in [1.29, 1.82) is 0 Å². The molecule has 0 saturated heterocycles. The summed E-state index contributed by atoms with van der Waals surface area (Å²) in [6, 6.07) is 15.0. The minimum absolute atomic E-state index is 0.383. The van der Waals surface area contributed by atoms with E-state index < -0.39 is 29.8 Å². The zero-order valence-electron chi connectivity index (χ0n) is 15.0. The molecule has 2 rings (SSSR count). The van der Waals surface area contributed by atoms with Crippen LogP contribution >= 0.6 is 0 Å². The van der Waals surface area contributed by atoms with Crippen molar-refractivity contribution in [2.24, 2.45) is 0 Å². The summed E-state index contributed by atoms with van der Waals surface area (Å²) in [4.78, 5) is 23.3. The summed E-state index contributed by atoms with van der Waals surface area (Å²) < 4.78 is 5.06. The van der Waals surface area contributed by atoms with Crippen LogP contribution in [0.15, 0.2) is 54.6 Å². The van der Waals surface area contributed by atoms with Crippen LogP contribution in [0.1, 0.15) is 32.4 Å². The maximum Gasteiger partial charge on any atom is 0.408 e. The number of rotatable bonds is 5. The van der Waals surface area contributed by atoms with E-state index in [4.69, 9.17) is 4.74 Å². The van der Waals surface area contributed by atoms with Crippen molar-refractivity contribution in [2.75, 3.05) is 0 Å². The number of carboxylic acid groups (broad SMARTS) is 1. The van der Waals surface area contributed by atoms with Gasteiger partial charge in [0.1, 0.15) is 11.7 Å². The number of amides is 1. The van der Waals surface area contributed by atoms with E-state index in [2.05, 4.69) is 5.32 Å². The summed E-state index contributed by atoms with van der Waals surface area (Å²) in [7, 11) is 0. The van der Waals surface area contributed by atoms with Crippen LogP contribution in [-0.4, -0.2) is 33.9 Å². The van der Waals surface area contributed by atoms with Crippen LogP contribution in [-0.2, 0) is 9.53 Å². The predicted molar refractivity (Wildman–Crippen MR) is 97.6 cm³/mol. The zero-order valence-corrected chi connectivity index (χ0v) is 15.0. The van der Waals surface area contributed by atoms with E-state index in [0.717, 1.165) is 11.1 Å². The molecule has 0 aromatic heterocycles. The van der Waals surface area contributed by atoms with Crippen molar-refractivity contribution in [3.63, 3.8) is 0 Å². The van der Waals surface area contributed by atoms with Gasteiger partial charge in [0.25, 0.3) is 0 Å². The van der Waals surface area contributed by atoms with Crippen LogP contribution < -0.4 is 5.32 Å². The first-order valence-corrected chi connectivity index (χ1v) is 8.23. The first kappa shape index (κ1) is 19.5. The van der Waals surface area contributed by atoms with Gasteiger partial charge in [-0.1, -0.05) is 54.6 Å². The van der Waals surface area contributed by atoms with E-state index in [1.165, 1.54) is 0 Å². The highest BCUT2D eigenvalue weighted by Gasteiger charge is 2.31. The normalized spacial score (nSPS) is 13.5. The molecule has 0 heterocycles. The van der Waals surface area contributed by atoms with Gasteiger partial charge in [0.2, 0.25) is 0 Å². The molecule has 0 fully saturated rings. The highest BCUT2D eigenvalue weighted by Crippen LogP contribution is 2.23. The molecule has 138 valence electrons. The first-order valence-electron chi connectivity index (χ1n) is 8.23. The molecule has 2 atom stereocenters. The third-order valence-corrected chi connectivity index (χ3v) is 3.61. The highest BCUT2D eigenvalue weighted by molar-refractivity contribution is 5.81. The minimum Gasteiger partial charge on any atom is -0.480 e. The van der Waals surface area contributed by atoms with Gasteiger partial charge in [-0.3, -0.25) is 0 Å². The Labute approximate surface area is 152 Å². The Kier molecular flexibility index (Phi) is 6.00. The molecule has 6 heteroatoms. The van der Waals surface area contributed by atoms with Gasteiger partial charge in [0.05, 0.1) is 0 Å². The molecule has 0 bridgehead atoms. The lowest BCUT2D eigenvalue weighted by molar-refractivity contribution is -0.142. The largest absolute Gasteiger partial charge is 0.480 e. The van der Waals surface area contributed by atoms with E-state index in [1.54, 1.807) is 45.0 Å². The van der Waals surface area contributed by atoms with Crippen LogP contribution in [0.4, 0.5) is 4.79 Å². The van der Waals surface area contributed by atoms with Crippen molar-refractivity contribution in [2.45, 2.75) is 38.5 Å². The summed E-state index contributed by atoms with van der Waals surface area (Å²) in [6.45, 7) is 5.00. The third kappa shape index (κ3) is 5.32. The molecule has 3 N–H and O–H groups in total. The first-order chi connectivity index (χ1) is 12.2. The lowest BCUT2D eigenvalue weighted by Gasteiger charge is -2.24. The smallest absolute Gasteiger partial charge is 0.408 e. The molecule has 0 radical (unpaired) electrons. The third-order valence-electron chi connectivity index (χ3n) is 3.61. The number of hydrogen-bond donors (Lipinski definition) is 3. The maximum atomic E-state index is 11.8. The van der Waals surface area contributed by atoms with Crippen LogP contribution in [0.2, 0.25) is 0 Å². The molecule has 0 aliphatic heterocycles. The number of nitrogens with one attached hydrogen (secondary N) is 1. The Bertz CT molecular complexity index is 750. The summed E-state index contributed by atoms with van der Waals surface area (Å²) in [6.07, 6.45) is -2.31. The van der Waals surface area contributed by atoms with Gasteiger partial charge >= 0.3 is 12.1 Å². The number of hydrogen-bond acceptors (Lipinski definition) is 4. The molecule has 0 aliphatic carbocycles. The zero-order chi connectivity index (χ0) is 19.3. The van der Waals surface area contributed by atoms with Gasteiger partial charge in [-0.15, -0.1) is 0 Å². The molecular weight excluding hydrogens is 334 g/mol. The monoisotopic (exact) mass is 357 g/mol. The fourth-order valence-corrected chi connectivity index (χ4v) is 2.41. The Morgan fingerprint density at radius 3 is 2.00 bits per heavy atom. The van der Waals surface area contributed by atoms with Crippen molar-refractivity contribution < 1.29 is 24.5 Å². The Hall–Kier alpha value is -2.86. The van der Waals surface area contributed by atoms with Gasteiger partial charge in [-0.05, 0) is 37.5 Å². The molecule has 2 aromatic rings. The minimum atomic E-state index is -1.52. The number of ether oxygens (including phenoxy) is 1. The van der Waals surface area contributed by atoms with Crippen LogP contribution in [0.25, 0.3) is 11.1 Å². The molecule has 0 aliphatic rings. The highest BCUT2D eigenvalue weighted by atomic mass is 16.6. The molecule has 6 nitrogen and oxygen atoms in total. The van der Waals surface area contributed by atoms with Crippen LogP contribution in [0, 0.1) is 0 Å². The van der Waals surface area contributed by atoms with Crippen molar-refractivity contribution in [1.82, 2.24) is 5.32 Å². The molecular formula is C20H23NO5. The average molecular weight is 357 g/mol. The molecule has 0 saturated carbocycles. The lowest BCUT2D eigenvalue weighted by Crippen LogP contribution is -2.46. The molecule has 2 aromatic carbocycles. The summed E-state index contributed by atoms with van der Waals surface area (Å²) in [5.74, 6) is -1.35. The van der Waals surface area contributed by atoms with Gasteiger partial charge in [0, 0.05) is 0 Å². The van der Waals surface area contributed by atoms with E-state index in [9.17, 15) is 19.8 Å². The van der Waals surface area contributed by atoms with Crippen molar-refractivity contribution in [3.05, 3.63) is 60.2 Å². The predicted octanol–water partition coefficient (Wildman–Crippen LogP) is 3.36. The average Bonchev–Trinajstić information content (AvgIpc) is 2.58. The van der Waals surface area contributed by atoms with E-state index in [1.807, 2.05) is 30.3 Å². The van der Waals surface area contributed by atoms with Crippen LogP contribution in [0.5, 0.6) is 0 Å². The second kappa shape index (κ2) is 8.01.